The molecule has 0 radical (unpaired) electrons. The standard InChI is InChI=1S/C15H18N8O4S3/c1-18-30(26,27)10-6-5-7(8-3-2-4-9-12(8)19-15(16)28-9)11(13(10)29(17,24)25)14-20-22-23-21-14/h2-6,14,18,20-23H,1H3,(H2,16,19)(H2,17,24,25). The van der Waals surface area contributed by atoms with E-state index in [0.29, 0.717) is 21.8 Å². The van der Waals surface area contributed by atoms with E-state index in [1.807, 2.05) is 6.07 Å². The van der Waals surface area contributed by atoms with Gasteiger partial charge >= 0.3 is 0 Å². The molecule has 9 N–H and O–H groups in total. The molecule has 1 aliphatic heterocycles. The van der Waals surface area contributed by atoms with Crippen LogP contribution in [0.25, 0.3) is 21.3 Å². The molecule has 0 aliphatic carbocycles. The Morgan fingerprint density at radius 2 is 1.77 bits per heavy atom. The molecule has 0 atom stereocenters. The van der Waals surface area contributed by atoms with Crippen molar-refractivity contribution in [3.8, 4) is 11.1 Å². The molecule has 15 heteroatoms. The van der Waals surface area contributed by atoms with Crippen LogP contribution < -0.4 is 37.5 Å². The minimum absolute atomic E-state index is 0.102. The van der Waals surface area contributed by atoms with Crippen molar-refractivity contribution in [2.45, 2.75) is 16.0 Å². The van der Waals surface area contributed by atoms with Crippen LogP contribution in [0, 0.1) is 0 Å². The topological polar surface area (TPSA) is 193 Å². The smallest absolute Gasteiger partial charge is 0.241 e. The fraction of sp³-hybridized carbons (Fsp3) is 0.133. The normalized spacial score (nSPS) is 15.8. The zero-order valence-electron chi connectivity index (χ0n) is 15.4. The highest BCUT2D eigenvalue weighted by atomic mass is 32.2. The Labute approximate surface area is 176 Å². The van der Waals surface area contributed by atoms with E-state index >= 15 is 0 Å². The molecule has 0 bridgehead atoms. The third-order valence-corrected chi connectivity index (χ3v) is 7.96. The Balaban J connectivity index is 2.14. The van der Waals surface area contributed by atoms with E-state index in [4.69, 9.17) is 10.9 Å². The minimum Gasteiger partial charge on any atom is -0.375 e. The first-order chi connectivity index (χ1) is 14.1. The van der Waals surface area contributed by atoms with Crippen molar-refractivity contribution in [2.75, 3.05) is 12.8 Å². The summed E-state index contributed by atoms with van der Waals surface area (Å²) in [5.41, 5.74) is 18.3. The van der Waals surface area contributed by atoms with Gasteiger partial charge in [-0.2, -0.15) is 11.1 Å². The number of hydrogen-bond donors (Lipinski definition) is 7. The van der Waals surface area contributed by atoms with Crippen LogP contribution in [-0.4, -0.2) is 28.9 Å². The largest absolute Gasteiger partial charge is 0.375 e. The maximum atomic E-state index is 12.6. The molecule has 2 aromatic carbocycles. The maximum Gasteiger partial charge on any atom is 0.241 e. The number of fused-ring (bicyclic) bond motifs is 1. The third kappa shape index (κ3) is 3.55. The molecule has 160 valence electrons. The average Bonchev–Trinajstić information content (AvgIpc) is 3.34. The van der Waals surface area contributed by atoms with Crippen molar-refractivity contribution in [2.24, 2.45) is 5.14 Å². The van der Waals surface area contributed by atoms with Gasteiger partial charge in [0.1, 0.15) is 16.0 Å². The predicted molar refractivity (Wildman–Crippen MR) is 112 cm³/mol. The quantitative estimate of drug-likeness (QED) is 0.248. The lowest BCUT2D eigenvalue weighted by molar-refractivity contribution is 0.533. The summed E-state index contributed by atoms with van der Waals surface area (Å²) in [6, 6.07) is 8.08. The van der Waals surface area contributed by atoms with Crippen LogP contribution in [0.3, 0.4) is 0 Å². The Morgan fingerprint density at radius 3 is 2.40 bits per heavy atom. The zero-order chi connectivity index (χ0) is 21.7. The Hall–Kier alpha value is -2.21. The number of anilines is 1. The van der Waals surface area contributed by atoms with Gasteiger partial charge in [-0.15, -0.1) is 0 Å². The van der Waals surface area contributed by atoms with Gasteiger partial charge in [-0.25, -0.2) is 42.5 Å². The molecule has 1 aliphatic rings. The van der Waals surface area contributed by atoms with Crippen LogP contribution in [0.15, 0.2) is 40.1 Å². The molecule has 3 aromatic rings. The van der Waals surface area contributed by atoms with Crippen LogP contribution in [0.4, 0.5) is 5.13 Å². The zero-order valence-corrected chi connectivity index (χ0v) is 17.9. The Bertz CT molecular complexity index is 1350. The molecule has 1 aromatic heterocycles. The molecule has 0 amide bonds. The number of hydrogen-bond acceptors (Lipinski definition) is 11. The monoisotopic (exact) mass is 470 g/mol. The fourth-order valence-corrected chi connectivity index (χ4v) is 6.44. The molecule has 4 rings (SSSR count). The summed E-state index contributed by atoms with van der Waals surface area (Å²) >= 11 is 1.28. The number of primary sulfonamides is 1. The molecular weight excluding hydrogens is 452 g/mol. The Morgan fingerprint density at radius 1 is 1.07 bits per heavy atom. The second-order valence-corrected chi connectivity index (χ2v) is 10.7. The first-order valence-corrected chi connectivity index (χ1v) is 12.3. The molecule has 0 spiro atoms. The second-order valence-electron chi connectivity index (χ2n) is 6.28. The van der Waals surface area contributed by atoms with E-state index in [2.05, 4.69) is 31.6 Å². The van der Waals surface area contributed by atoms with E-state index in [-0.39, 0.29) is 5.56 Å². The van der Waals surface area contributed by atoms with E-state index < -0.39 is 36.0 Å². The van der Waals surface area contributed by atoms with Gasteiger partial charge in [0.15, 0.2) is 5.13 Å². The van der Waals surface area contributed by atoms with E-state index in [0.717, 1.165) is 4.70 Å². The lowest BCUT2D eigenvalue weighted by Gasteiger charge is -2.21. The molecule has 12 nitrogen and oxygen atoms in total. The number of rotatable bonds is 5. The number of aromatic nitrogens is 1. The van der Waals surface area contributed by atoms with Crippen molar-refractivity contribution in [1.82, 2.24) is 31.6 Å². The lowest BCUT2D eigenvalue weighted by Crippen LogP contribution is -2.33. The van der Waals surface area contributed by atoms with Crippen molar-refractivity contribution >= 4 is 46.7 Å². The number of nitrogen functional groups attached to an aromatic ring is 1. The van der Waals surface area contributed by atoms with Gasteiger partial charge in [0.05, 0.1) is 10.2 Å². The summed E-state index contributed by atoms with van der Waals surface area (Å²) in [5, 5.41) is 5.84. The SMILES string of the molecule is CNS(=O)(=O)c1ccc(-c2cccc3sc(N)nc23)c(C2NNNN2)c1S(N)(=O)=O. The number of thiazole rings is 1. The minimum atomic E-state index is -4.47. The van der Waals surface area contributed by atoms with Crippen molar-refractivity contribution in [1.29, 1.82) is 0 Å². The molecule has 2 heterocycles. The molecule has 0 saturated carbocycles. The van der Waals surface area contributed by atoms with Crippen LogP contribution in [0.5, 0.6) is 0 Å². The van der Waals surface area contributed by atoms with Crippen LogP contribution in [0.1, 0.15) is 11.7 Å². The van der Waals surface area contributed by atoms with Crippen LogP contribution >= 0.6 is 11.3 Å². The first-order valence-electron chi connectivity index (χ1n) is 8.43. The van der Waals surface area contributed by atoms with Gasteiger partial charge < -0.3 is 5.73 Å². The van der Waals surface area contributed by atoms with Crippen molar-refractivity contribution in [3.63, 3.8) is 0 Å². The number of sulfonamides is 2. The summed E-state index contributed by atoms with van der Waals surface area (Å²) in [6.07, 6.45) is -0.841. The van der Waals surface area contributed by atoms with E-state index in [1.54, 1.807) is 12.1 Å². The van der Waals surface area contributed by atoms with Crippen LogP contribution in [-0.2, 0) is 20.0 Å². The third-order valence-electron chi connectivity index (χ3n) is 4.51. The van der Waals surface area contributed by atoms with Gasteiger partial charge in [0.2, 0.25) is 20.0 Å². The molecule has 1 saturated heterocycles. The number of nitrogens with one attached hydrogen (secondary N) is 5. The van der Waals surface area contributed by atoms with E-state index in [9.17, 15) is 16.8 Å². The highest BCUT2D eigenvalue weighted by Crippen LogP contribution is 2.40. The van der Waals surface area contributed by atoms with E-state index in [1.165, 1.54) is 30.5 Å². The van der Waals surface area contributed by atoms with Gasteiger partial charge in [-0.1, -0.05) is 29.5 Å². The summed E-state index contributed by atoms with van der Waals surface area (Å²) in [4.78, 5) is 3.35. The van der Waals surface area contributed by atoms with Crippen molar-refractivity contribution < 1.29 is 16.8 Å². The number of para-hydroxylation sites is 1. The number of nitrogens with two attached hydrogens (primary N) is 2. The number of nitrogens with zero attached hydrogens (tertiary/aromatic N) is 1. The first kappa shape index (κ1) is 21.0. The second kappa shape index (κ2) is 7.49. The van der Waals surface area contributed by atoms with Gasteiger partial charge in [0, 0.05) is 11.1 Å². The van der Waals surface area contributed by atoms with Crippen molar-refractivity contribution in [3.05, 3.63) is 35.9 Å². The van der Waals surface area contributed by atoms with Gasteiger partial charge in [-0.3, -0.25) is 0 Å². The molecule has 0 unspecified atom stereocenters. The number of hydrazine groups is 3. The Kier molecular flexibility index (Phi) is 5.25. The highest BCUT2D eigenvalue weighted by Gasteiger charge is 2.34. The number of benzene rings is 2. The average molecular weight is 471 g/mol. The summed E-state index contributed by atoms with van der Waals surface area (Å²) in [6.45, 7) is 0. The summed E-state index contributed by atoms with van der Waals surface area (Å²) in [5.74, 6) is 0. The van der Waals surface area contributed by atoms with Crippen LogP contribution in [0.2, 0.25) is 0 Å². The summed E-state index contributed by atoms with van der Waals surface area (Å²) < 4.78 is 53.3. The lowest BCUT2D eigenvalue weighted by atomic mass is 9.97. The molecule has 1 fully saturated rings. The highest BCUT2D eigenvalue weighted by molar-refractivity contribution is 7.92. The summed E-state index contributed by atoms with van der Waals surface area (Å²) in [7, 11) is -7.43. The maximum absolute atomic E-state index is 12.6. The molecular formula is C15H18N8O4S3. The fourth-order valence-electron chi connectivity index (χ4n) is 3.30. The predicted octanol–water partition coefficient (Wildman–Crippen LogP) is -0.783. The van der Waals surface area contributed by atoms with Gasteiger partial charge in [0.25, 0.3) is 0 Å². The van der Waals surface area contributed by atoms with Gasteiger partial charge in [-0.05, 0) is 24.7 Å². The molecule has 30 heavy (non-hydrogen) atoms.